The number of carboxylic acids is 1. The van der Waals surface area contributed by atoms with Gasteiger partial charge in [-0.1, -0.05) is 23.9 Å². The van der Waals surface area contributed by atoms with Crippen LogP contribution in [0.4, 0.5) is 0 Å². The van der Waals surface area contributed by atoms with Crippen molar-refractivity contribution in [3.05, 3.63) is 12.2 Å². The first-order valence-corrected chi connectivity index (χ1v) is 6.98. The molecule has 0 aromatic heterocycles. The number of rotatable bonds is 4. The first kappa shape index (κ1) is 13.8. The van der Waals surface area contributed by atoms with Crippen LogP contribution >= 0.6 is 11.8 Å². The number of nitrogens with one attached hydrogen (secondary N) is 1. The Hall–Kier alpha value is -1.63. The highest BCUT2D eigenvalue weighted by molar-refractivity contribution is 8.15. The second-order valence-electron chi connectivity index (χ2n) is 4.41. The number of carboxylic acid groups (broad SMARTS) is 1. The van der Waals surface area contributed by atoms with Gasteiger partial charge in [0.2, 0.25) is 5.91 Å². The smallest absolute Gasteiger partial charge is 0.305 e. The summed E-state index contributed by atoms with van der Waals surface area (Å²) in [7, 11) is 0. The van der Waals surface area contributed by atoms with E-state index in [1.54, 1.807) is 6.21 Å². The molecule has 1 amide bonds. The summed E-state index contributed by atoms with van der Waals surface area (Å²) in [4.78, 5) is 22.0. The molecule has 102 valence electrons. The summed E-state index contributed by atoms with van der Waals surface area (Å²) in [6.45, 7) is 0. The number of allylic oxidation sites excluding steroid dienone is 2. The van der Waals surface area contributed by atoms with Crippen molar-refractivity contribution >= 4 is 35.0 Å². The number of aliphatic carboxylic acids is 1. The lowest BCUT2D eigenvalue weighted by molar-refractivity contribution is -0.138. The molecule has 2 rings (SSSR count). The third-order valence-corrected chi connectivity index (χ3v) is 3.94. The molecule has 7 heteroatoms. The van der Waals surface area contributed by atoms with Gasteiger partial charge in [0.15, 0.2) is 5.17 Å². The fraction of sp³-hybridized carbons (Fsp3) is 0.500. The van der Waals surface area contributed by atoms with Gasteiger partial charge >= 0.3 is 5.97 Å². The zero-order chi connectivity index (χ0) is 13.7. The summed E-state index contributed by atoms with van der Waals surface area (Å²) < 4.78 is 0. The van der Waals surface area contributed by atoms with Gasteiger partial charge in [0.1, 0.15) is 5.25 Å². The Morgan fingerprint density at radius 2 is 2.42 bits per heavy atom. The lowest BCUT2D eigenvalue weighted by atomic mass is 9.96. The van der Waals surface area contributed by atoms with Gasteiger partial charge in [0, 0.05) is 6.21 Å². The van der Waals surface area contributed by atoms with Gasteiger partial charge < -0.3 is 10.4 Å². The molecule has 1 fully saturated rings. The minimum atomic E-state index is -0.994. The summed E-state index contributed by atoms with van der Waals surface area (Å²) >= 11 is 1.11. The minimum absolute atomic E-state index is 0.202. The molecule has 0 aromatic carbocycles. The number of amidine groups is 1. The van der Waals surface area contributed by atoms with Crippen molar-refractivity contribution in [2.45, 2.75) is 30.9 Å². The van der Waals surface area contributed by atoms with Crippen LogP contribution in [0.3, 0.4) is 0 Å². The third kappa shape index (κ3) is 4.20. The van der Waals surface area contributed by atoms with Crippen LogP contribution in [0, 0.1) is 5.92 Å². The summed E-state index contributed by atoms with van der Waals surface area (Å²) in [5.41, 5.74) is 0. The lowest BCUT2D eigenvalue weighted by Crippen LogP contribution is -2.26. The maximum absolute atomic E-state index is 11.4. The van der Waals surface area contributed by atoms with Crippen molar-refractivity contribution in [2.75, 3.05) is 0 Å². The van der Waals surface area contributed by atoms with Gasteiger partial charge in [-0.2, -0.15) is 5.10 Å². The molecule has 19 heavy (non-hydrogen) atoms. The Kier molecular flexibility index (Phi) is 4.73. The van der Waals surface area contributed by atoms with E-state index in [2.05, 4.69) is 27.7 Å². The molecule has 6 nitrogen and oxygen atoms in total. The monoisotopic (exact) mass is 281 g/mol. The van der Waals surface area contributed by atoms with Crippen LogP contribution in [0.15, 0.2) is 22.4 Å². The topological polar surface area (TPSA) is 91.1 Å². The molecule has 0 aromatic rings. The third-order valence-electron chi connectivity index (χ3n) is 2.87. The molecular formula is C12H15N3O3S. The van der Waals surface area contributed by atoms with E-state index in [1.165, 1.54) is 0 Å². The molecule has 2 aliphatic rings. The molecule has 0 spiro atoms. The van der Waals surface area contributed by atoms with Crippen molar-refractivity contribution in [1.29, 1.82) is 0 Å². The van der Waals surface area contributed by atoms with Crippen molar-refractivity contribution in [3.63, 3.8) is 0 Å². The van der Waals surface area contributed by atoms with E-state index in [0.717, 1.165) is 31.0 Å². The molecule has 0 radical (unpaired) electrons. The van der Waals surface area contributed by atoms with Crippen molar-refractivity contribution in [2.24, 2.45) is 16.1 Å². The summed E-state index contributed by atoms with van der Waals surface area (Å²) in [6.07, 6.45) is 8.95. The number of hydrogen-bond acceptors (Lipinski definition) is 5. The van der Waals surface area contributed by atoms with E-state index in [-0.39, 0.29) is 12.3 Å². The summed E-state index contributed by atoms with van der Waals surface area (Å²) in [6, 6.07) is 0. The molecule has 2 atom stereocenters. The summed E-state index contributed by atoms with van der Waals surface area (Å²) in [5, 5.41) is 18.8. The van der Waals surface area contributed by atoms with Crippen LogP contribution in [0.5, 0.6) is 0 Å². The van der Waals surface area contributed by atoms with Gasteiger partial charge in [0.05, 0.1) is 6.42 Å². The van der Waals surface area contributed by atoms with E-state index in [1.807, 2.05) is 0 Å². The van der Waals surface area contributed by atoms with Crippen molar-refractivity contribution < 1.29 is 14.7 Å². The molecule has 0 saturated carbocycles. The van der Waals surface area contributed by atoms with Gasteiger partial charge in [-0.3, -0.25) is 9.59 Å². The van der Waals surface area contributed by atoms with Gasteiger partial charge in [-0.15, -0.1) is 5.10 Å². The highest BCUT2D eigenvalue weighted by Gasteiger charge is 2.32. The maximum Gasteiger partial charge on any atom is 0.305 e. The number of hydrogen-bond donors (Lipinski definition) is 2. The molecule has 1 heterocycles. The van der Waals surface area contributed by atoms with Gasteiger partial charge in [0.25, 0.3) is 0 Å². The fourth-order valence-corrected chi connectivity index (χ4v) is 2.79. The number of thioether (sulfide) groups is 1. The Bertz CT molecular complexity index is 459. The van der Waals surface area contributed by atoms with E-state index in [0.29, 0.717) is 11.1 Å². The van der Waals surface area contributed by atoms with Crippen LogP contribution in [0.2, 0.25) is 0 Å². The highest BCUT2D eigenvalue weighted by atomic mass is 32.2. The molecule has 1 aliphatic heterocycles. The quantitative estimate of drug-likeness (QED) is 0.463. The van der Waals surface area contributed by atoms with Crippen molar-refractivity contribution in [1.82, 2.24) is 5.32 Å². The number of carbonyl (C=O) groups is 2. The van der Waals surface area contributed by atoms with Crippen LogP contribution in [0.1, 0.15) is 25.7 Å². The Morgan fingerprint density at radius 1 is 1.58 bits per heavy atom. The minimum Gasteiger partial charge on any atom is -0.481 e. The molecule has 1 saturated heterocycles. The first-order chi connectivity index (χ1) is 9.15. The lowest BCUT2D eigenvalue weighted by Gasteiger charge is -2.10. The molecule has 1 aliphatic carbocycles. The van der Waals surface area contributed by atoms with Crippen LogP contribution in [-0.4, -0.2) is 33.6 Å². The van der Waals surface area contributed by atoms with Crippen LogP contribution in [0.25, 0.3) is 0 Å². The summed E-state index contributed by atoms with van der Waals surface area (Å²) in [5.74, 6) is -0.917. The highest BCUT2D eigenvalue weighted by Crippen LogP contribution is 2.22. The fourth-order valence-electron chi connectivity index (χ4n) is 1.88. The Balaban J connectivity index is 1.87. The average molecular weight is 281 g/mol. The SMILES string of the molecule is O=C(O)C[C@@H]1S/C(=N\N=C/[C@H]2CC=CCC2)NC1=O. The second-order valence-corrected chi connectivity index (χ2v) is 5.60. The predicted molar refractivity (Wildman–Crippen MR) is 74.2 cm³/mol. The van der Waals surface area contributed by atoms with E-state index in [4.69, 9.17) is 5.11 Å². The molecule has 0 bridgehead atoms. The predicted octanol–water partition coefficient (Wildman–Crippen LogP) is 1.39. The standard InChI is InChI=1S/C12H15N3O3S/c16-10(17)6-9-11(18)14-12(19-9)15-13-7-8-4-2-1-3-5-8/h1-2,7-9H,3-6H2,(H,16,17)(H,14,15,18)/b13-7-/t8-,9-/m0/s1. The van der Waals surface area contributed by atoms with Crippen LogP contribution in [-0.2, 0) is 9.59 Å². The van der Waals surface area contributed by atoms with E-state index < -0.39 is 11.2 Å². The first-order valence-electron chi connectivity index (χ1n) is 6.10. The van der Waals surface area contributed by atoms with Gasteiger partial charge in [-0.05, 0) is 25.2 Å². The van der Waals surface area contributed by atoms with E-state index in [9.17, 15) is 9.59 Å². The van der Waals surface area contributed by atoms with Gasteiger partial charge in [-0.25, -0.2) is 0 Å². The molecule has 0 unspecified atom stereocenters. The molecule has 2 N–H and O–H groups in total. The molecular weight excluding hydrogens is 266 g/mol. The van der Waals surface area contributed by atoms with E-state index >= 15 is 0 Å². The number of carbonyl (C=O) groups excluding carboxylic acids is 1. The average Bonchev–Trinajstić information content (AvgIpc) is 2.70. The van der Waals surface area contributed by atoms with Crippen LogP contribution < -0.4 is 5.32 Å². The van der Waals surface area contributed by atoms with Crippen molar-refractivity contribution in [3.8, 4) is 0 Å². The second kappa shape index (κ2) is 6.51. The number of nitrogens with zero attached hydrogens (tertiary/aromatic N) is 2. The normalized spacial score (nSPS) is 29.1. The zero-order valence-corrected chi connectivity index (χ0v) is 11.1. The zero-order valence-electron chi connectivity index (χ0n) is 10.3. The Morgan fingerprint density at radius 3 is 3.11 bits per heavy atom. The maximum atomic E-state index is 11.4. The Labute approximate surface area is 115 Å². The largest absolute Gasteiger partial charge is 0.481 e. The number of amides is 1.